The van der Waals surface area contributed by atoms with Crippen molar-refractivity contribution < 1.29 is 4.74 Å². The number of hydrogen-bond donors (Lipinski definition) is 0. The van der Waals surface area contributed by atoms with Gasteiger partial charge in [-0.1, -0.05) is 0 Å². The number of rotatable bonds is 0. The van der Waals surface area contributed by atoms with Crippen LogP contribution in [0.15, 0.2) is 0 Å². The fourth-order valence-electron chi connectivity index (χ4n) is 0.144. The van der Waals surface area contributed by atoms with E-state index in [0.29, 0.717) is -1.33 Å². The first-order valence-corrected chi connectivity index (χ1v) is 4.30. The second kappa shape index (κ2) is 1.37. The number of epoxide rings is 1. The molecule has 0 aliphatic carbocycles. The molecule has 0 aromatic heterocycles. The Bertz CT molecular complexity index is 44.9. The first-order valence-electron chi connectivity index (χ1n) is 1.85. The Morgan fingerprint density at radius 2 is 2.20 bits per heavy atom. The second-order valence-electron chi connectivity index (χ2n) is 2.05. The average molecular weight is 143 g/mol. The molecule has 0 bridgehead atoms. The molecule has 5 heavy (non-hydrogen) atoms. The third kappa shape index (κ3) is 1.79. The summed E-state index contributed by atoms with van der Waals surface area (Å²) in [4.78, 5) is 0. The van der Waals surface area contributed by atoms with Gasteiger partial charge in [0, 0.05) is 0 Å². The molecule has 1 heterocycles. The number of ether oxygens (including phenoxy) is 1. The van der Waals surface area contributed by atoms with E-state index in [0.717, 1.165) is 62.1 Å². The van der Waals surface area contributed by atoms with Crippen LogP contribution in [0.2, 0.25) is 0 Å². The predicted octanol–water partition coefficient (Wildman–Crippen LogP) is -0.0987. The monoisotopic (exact) mass is 142 g/mol. The van der Waals surface area contributed by atoms with E-state index in [1.807, 2.05) is 0 Å². The van der Waals surface area contributed by atoms with Gasteiger partial charge in [-0.05, 0) is 0 Å². The molecule has 1 rings (SSSR count). The van der Waals surface area contributed by atoms with E-state index in [9.17, 15) is 0 Å². The van der Waals surface area contributed by atoms with Gasteiger partial charge in [0.15, 0.2) is 0 Å². The van der Waals surface area contributed by atoms with Crippen LogP contribution >= 0.6 is 0 Å². The van der Waals surface area contributed by atoms with Crippen molar-refractivity contribution in [2.45, 2.75) is 5.59 Å². The van der Waals surface area contributed by atoms with Crippen LogP contribution in [0.3, 0.4) is 0 Å². The Kier molecular flexibility index (Phi) is 1.35. The fraction of sp³-hybridized carbons (Fsp3) is 1.00. The van der Waals surface area contributed by atoms with Crippen LogP contribution in [0.4, 0.5) is 0 Å². The van der Waals surface area contributed by atoms with Crippen molar-refractivity contribution in [3.05, 3.63) is 0 Å². The predicted molar refractivity (Wildman–Crippen MR) is 20.1 cm³/mol. The summed E-state index contributed by atoms with van der Waals surface area (Å²) in [5.41, 5.74) is 0. The molecule has 0 amide bonds. The first kappa shape index (κ1) is 4.91. The minimum atomic E-state index is 0.460. The molecule has 0 aromatic carbocycles. The Balaban J connectivity index is 2.38. The molecule has 0 saturated carbocycles. The first-order chi connectivity index (χ1) is 2.21. The molecular weight excluding hydrogens is 138 g/mol. The summed E-state index contributed by atoms with van der Waals surface area (Å²) in [6.45, 7) is 3.21. The second-order valence-corrected chi connectivity index (χ2v) is 7.25. The van der Waals surface area contributed by atoms with Crippen LogP contribution < -0.4 is 0 Å². The van der Waals surface area contributed by atoms with Crippen molar-refractivity contribution in [2.24, 2.45) is 0 Å². The van der Waals surface area contributed by atoms with Crippen LogP contribution in [0, 0.1) is 0 Å². The molecular formula is C3H5ORb. The fourth-order valence-corrected chi connectivity index (χ4v) is 0.499. The summed E-state index contributed by atoms with van der Waals surface area (Å²) in [5, 5.41) is 0. The molecule has 24 valence electrons. The zero-order chi connectivity index (χ0) is 3.91. The molecule has 0 aromatic rings. The summed E-state index contributed by atoms with van der Waals surface area (Å²) < 4.78 is 5.45. The molecule has 1 saturated heterocycles. The maximum atomic E-state index is 4.99. The van der Waals surface area contributed by atoms with Crippen LogP contribution in [-0.2, 0) is 4.74 Å². The van der Waals surface area contributed by atoms with Crippen molar-refractivity contribution in [1.29, 1.82) is 0 Å². The Hall–Kier alpha value is 1.77. The van der Waals surface area contributed by atoms with Crippen molar-refractivity contribution in [3.63, 3.8) is 0 Å². The molecule has 1 aliphatic rings. The molecule has 0 spiro atoms. The molecule has 1 fully saturated rings. The van der Waals surface area contributed by atoms with Gasteiger partial charge in [0.05, 0.1) is 0 Å². The third-order valence-corrected chi connectivity index (χ3v) is 2.14. The van der Waals surface area contributed by atoms with Gasteiger partial charge in [0.2, 0.25) is 0 Å². The van der Waals surface area contributed by atoms with E-state index in [4.69, 9.17) is 4.74 Å². The normalized spacial score (nSPS) is 49.4. The van der Waals surface area contributed by atoms with Crippen molar-refractivity contribution in [2.75, 3.05) is 6.61 Å². The molecule has 1 atom stereocenters. The van der Waals surface area contributed by atoms with E-state index in [2.05, 4.69) is 6.92 Å². The van der Waals surface area contributed by atoms with E-state index in [1.165, 1.54) is 0 Å². The zero-order valence-electron chi connectivity index (χ0n) is 3.62. The quantitative estimate of drug-likeness (QED) is 0.431. The van der Waals surface area contributed by atoms with Gasteiger partial charge in [-0.3, -0.25) is 0 Å². The van der Waals surface area contributed by atoms with E-state index < -0.39 is 0 Å². The Morgan fingerprint density at radius 3 is 2.20 bits per heavy atom. The Labute approximate surface area is 70.8 Å². The van der Waals surface area contributed by atoms with Gasteiger partial charge in [-0.25, -0.2) is 0 Å². The molecule has 1 unspecified atom stereocenters. The maximum absolute atomic E-state index is 4.99. The summed E-state index contributed by atoms with van der Waals surface area (Å²) in [6.07, 6.45) is 0. The van der Waals surface area contributed by atoms with Gasteiger partial charge in [-0.2, -0.15) is 0 Å². The topological polar surface area (TPSA) is 12.5 Å². The summed E-state index contributed by atoms with van der Waals surface area (Å²) in [6, 6.07) is 0. The van der Waals surface area contributed by atoms with Crippen molar-refractivity contribution >= 4 is 55.5 Å². The standard InChI is InChI=1S/C3H5O.Rb/c1-3-2-4-3;/h2H2,1H3;. The van der Waals surface area contributed by atoms with Crippen LogP contribution in [0.1, 0.15) is 6.92 Å². The van der Waals surface area contributed by atoms with E-state index in [-0.39, 0.29) is 0 Å². The van der Waals surface area contributed by atoms with Gasteiger partial charge >= 0.3 is 72.5 Å². The van der Waals surface area contributed by atoms with Gasteiger partial charge in [0.25, 0.3) is 0 Å². The van der Waals surface area contributed by atoms with Gasteiger partial charge in [-0.15, -0.1) is 0 Å². The Morgan fingerprint density at radius 1 is 2.00 bits per heavy atom. The molecule has 1 aliphatic heterocycles. The van der Waals surface area contributed by atoms with E-state index >= 15 is 0 Å². The summed E-state index contributed by atoms with van der Waals surface area (Å²) in [5.74, 6) is 0. The molecule has 2 heteroatoms. The van der Waals surface area contributed by atoms with Crippen LogP contribution in [0.5, 0.6) is 0 Å². The molecule has 1 nitrogen and oxygen atoms in total. The zero-order valence-corrected chi connectivity index (χ0v) is 8.53. The van der Waals surface area contributed by atoms with Crippen molar-refractivity contribution in [3.8, 4) is 0 Å². The van der Waals surface area contributed by atoms with Crippen molar-refractivity contribution in [1.82, 2.24) is 0 Å². The number of hydrogen-bond acceptors (Lipinski definition) is 1. The van der Waals surface area contributed by atoms with E-state index in [1.54, 1.807) is 0 Å². The van der Waals surface area contributed by atoms with Crippen LogP contribution in [-0.4, -0.2) is 60.8 Å². The van der Waals surface area contributed by atoms with Gasteiger partial charge in [0.1, 0.15) is 0 Å². The molecule has 0 N–H and O–H groups in total. The SMILES string of the molecule is C[C]1([Rb])CO1. The van der Waals surface area contributed by atoms with Crippen LogP contribution in [0.25, 0.3) is 0 Å². The average Bonchev–Trinajstić information content (AvgIpc) is 1.76. The third-order valence-electron chi connectivity index (χ3n) is 0.722. The van der Waals surface area contributed by atoms with Gasteiger partial charge < -0.3 is 0 Å². The molecule has 0 radical (unpaired) electrons. The summed E-state index contributed by atoms with van der Waals surface area (Å²) in [7, 11) is 0. The minimum absolute atomic E-state index is 0.460. The summed E-state index contributed by atoms with van der Waals surface area (Å²) >= 11 is 0.746.